The lowest BCUT2D eigenvalue weighted by Gasteiger charge is -2.25. The number of fused-ring (bicyclic) bond motifs is 1. The molecule has 0 bridgehead atoms. The van der Waals surface area contributed by atoms with Crippen LogP contribution in [0.1, 0.15) is 30.9 Å². The van der Waals surface area contributed by atoms with Crippen LogP contribution in [0.2, 0.25) is 0 Å². The maximum atomic E-state index is 11.5. The summed E-state index contributed by atoms with van der Waals surface area (Å²) >= 11 is 3.49. The third-order valence-electron chi connectivity index (χ3n) is 2.86. The fraction of sp³-hybridized carbons (Fsp3) is 0.462. The second-order valence-corrected chi connectivity index (χ2v) is 5.13. The molecule has 4 nitrogen and oxygen atoms in total. The first kappa shape index (κ1) is 16.4. The van der Waals surface area contributed by atoms with Crippen LogP contribution in [0, 0.1) is 0 Å². The van der Waals surface area contributed by atoms with E-state index < -0.39 is 0 Å². The summed E-state index contributed by atoms with van der Waals surface area (Å²) in [6.45, 7) is 2.32. The van der Waals surface area contributed by atoms with Gasteiger partial charge in [0.15, 0.2) is 0 Å². The van der Waals surface area contributed by atoms with Gasteiger partial charge in [-0.15, -0.1) is 12.4 Å². The van der Waals surface area contributed by atoms with Crippen molar-refractivity contribution < 1.29 is 14.3 Å². The van der Waals surface area contributed by atoms with Crippen molar-refractivity contribution in [2.75, 3.05) is 0 Å². The summed E-state index contributed by atoms with van der Waals surface area (Å²) in [4.78, 5) is 11.5. The Morgan fingerprint density at radius 3 is 2.95 bits per heavy atom. The van der Waals surface area contributed by atoms with Crippen LogP contribution in [0.15, 0.2) is 16.6 Å². The van der Waals surface area contributed by atoms with Crippen LogP contribution in [0.3, 0.4) is 0 Å². The summed E-state index contributed by atoms with van der Waals surface area (Å²) in [6, 6.07) is 3.67. The van der Waals surface area contributed by atoms with E-state index in [9.17, 15) is 4.79 Å². The van der Waals surface area contributed by atoms with E-state index in [1.165, 1.54) is 0 Å². The first-order valence-electron chi connectivity index (χ1n) is 6.00. The largest absolute Gasteiger partial charge is 0.426 e. The van der Waals surface area contributed by atoms with E-state index in [0.717, 1.165) is 22.0 Å². The molecule has 0 saturated heterocycles. The fourth-order valence-corrected chi connectivity index (χ4v) is 2.48. The van der Waals surface area contributed by atoms with E-state index in [1.807, 2.05) is 13.0 Å². The van der Waals surface area contributed by atoms with E-state index in [0.29, 0.717) is 25.2 Å². The number of benzene rings is 1. The van der Waals surface area contributed by atoms with Crippen LogP contribution < -0.4 is 10.5 Å². The van der Waals surface area contributed by atoms with Gasteiger partial charge in [0.05, 0.1) is 6.61 Å². The summed E-state index contributed by atoms with van der Waals surface area (Å²) in [6.07, 6.45) is 1.52. The third kappa shape index (κ3) is 3.92. The molecule has 0 aliphatic carbocycles. The van der Waals surface area contributed by atoms with Crippen molar-refractivity contribution in [2.24, 2.45) is 5.73 Å². The summed E-state index contributed by atoms with van der Waals surface area (Å²) in [7, 11) is 0. The summed E-state index contributed by atoms with van der Waals surface area (Å²) in [5.74, 6) is 0.371. The Morgan fingerprint density at radius 1 is 1.53 bits per heavy atom. The maximum Gasteiger partial charge on any atom is 0.311 e. The average Bonchev–Trinajstić information content (AvgIpc) is 2.33. The number of carbonyl (C=O) groups is 1. The van der Waals surface area contributed by atoms with Crippen molar-refractivity contribution >= 4 is 34.3 Å². The van der Waals surface area contributed by atoms with Crippen LogP contribution in [-0.2, 0) is 22.6 Å². The van der Waals surface area contributed by atoms with Crippen molar-refractivity contribution in [1.29, 1.82) is 0 Å². The Labute approximate surface area is 127 Å². The molecule has 1 aliphatic heterocycles. The minimum Gasteiger partial charge on any atom is -0.426 e. The highest BCUT2D eigenvalue weighted by atomic mass is 79.9. The molecule has 2 rings (SSSR count). The molecular weight excluding hydrogens is 334 g/mol. The van der Waals surface area contributed by atoms with Gasteiger partial charge < -0.3 is 15.2 Å². The average molecular weight is 351 g/mol. The minimum atomic E-state index is -0.296. The Kier molecular flexibility index (Phi) is 6.26. The van der Waals surface area contributed by atoms with Gasteiger partial charge in [-0.25, -0.2) is 0 Å². The Bertz CT molecular complexity index is 467. The molecule has 1 heterocycles. The zero-order valence-corrected chi connectivity index (χ0v) is 13.1. The van der Waals surface area contributed by atoms with Gasteiger partial charge in [-0.2, -0.15) is 0 Å². The van der Waals surface area contributed by atoms with Crippen molar-refractivity contribution in [1.82, 2.24) is 0 Å². The Hall–Kier alpha value is -0.620. The molecule has 1 aromatic rings. The number of carbonyl (C=O) groups excluding carboxylic acids is 1. The van der Waals surface area contributed by atoms with Gasteiger partial charge in [-0.3, -0.25) is 4.79 Å². The Morgan fingerprint density at radius 2 is 2.26 bits per heavy atom. The molecule has 0 fully saturated rings. The van der Waals surface area contributed by atoms with Crippen molar-refractivity contribution in [3.05, 3.63) is 27.7 Å². The number of nitrogens with two attached hydrogens (primary N) is 1. The number of esters is 1. The van der Waals surface area contributed by atoms with E-state index in [-0.39, 0.29) is 24.6 Å². The first-order valence-corrected chi connectivity index (χ1v) is 6.79. The quantitative estimate of drug-likeness (QED) is 0.672. The van der Waals surface area contributed by atoms with Crippen LogP contribution >= 0.6 is 28.3 Å². The predicted octanol–water partition coefficient (Wildman–Crippen LogP) is 2.93. The zero-order valence-electron chi connectivity index (χ0n) is 10.6. The number of hydrogen-bond donors (Lipinski definition) is 1. The maximum absolute atomic E-state index is 11.5. The number of halogens is 2. The molecule has 0 spiro atoms. The fourth-order valence-electron chi connectivity index (χ4n) is 1.95. The van der Waals surface area contributed by atoms with Gasteiger partial charge in [-0.1, -0.05) is 22.9 Å². The number of rotatable bonds is 3. The van der Waals surface area contributed by atoms with Crippen LogP contribution in [0.25, 0.3) is 0 Å². The van der Waals surface area contributed by atoms with Gasteiger partial charge in [0, 0.05) is 22.9 Å². The van der Waals surface area contributed by atoms with Gasteiger partial charge in [0.1, 0.15) is 12.0 Å². The van der Waals surface area contributed by atoms with Crippen molar-refractivity contribution in [3.8, 4) is 5.75 Å². The molecular formula is C13H17BrClNO3. The van der Waals surface area contributed by atoms with Gasteiger partial charge in [-0.05, 0) is 24.1 Å². The molecule has 0 radical (unpaired) electrons. The van der Waals surface area contributed by atoms with Crippen LogP contribution in [0.4, 0.5) is 0 Å². The molecule has 19 heavy (non-hydrogen) atoms. The van der Waals surface area contributed by atoms with Crippen LogP contribution in [0.5, 0.6) is 5.75 Å². The van der Waals surface area contributed by atoms with Gasteiger partial charge >= 0.3 is 5.97 Å². The molecule has 1 atom stereocenters. The monoisotopic (exact) mass is 349 g/mol. The first-order chi connectivity index (χ1) is 8.61. The van der Waals surface area contributed by atoms with Gasteiger partial charge in [0.2, 0.25) is 0 Å². The second-order valence-electron chi connectivity index (χ2n) is 4.28. The summed E-state index contributed by atoms with van der Waals surface area (Å²) < 4.78 is 11.7. The topological polar surface area (TPSA) is 61.5 Å². The van der Waals surface area contributed by atoms with Crippen molar-refractivity contribution in [2.45, 2.75) is 39.0 Å². The highest BCUT2D eigenvalue weighted by Gasteiger charge is 2.22. The highest BCUT2D eigenvalue weighted by Crippen LogP contribution is 2.33. The standard InChI is InChI=1S/C13H16BrNO3.ClH/c1-2-3-13(16)18-11-5-4-10(14)8-6-12(15)17-7-9(8)11;/h4-5,12H,2-3,6-7,15H2,1H3;1H/t12-;/m0./s1. The summed E-state index contributed by atoms with van der Waals surface area (Å²) in [5, 5.41) is 0. The molecule has 106 valence electrons. The number of ether oxygens (including phenoxy) is 2. The third-order valence-corrected chi connectivity index (χ3v) is 3.60. The van der Waals surface area contributed by atoms with Gasteiger partial charge in [0.25, 0.3) is 0 Å². The predicted molar refractivity (Wildman–Crippen MR) is 78.4 cm³/mol. The molecule has 1 aromatic carbocycles. The Balaban J connectivity index is 0.00000180. The molecule has 0 aromatic heterocycles. The lowest BCUT2D eigenvalue weighted by atomic mass is 10.0. The van der Waals surface area contributed by atoms with E-state index >= 15 is 0 Å². The molecule has 0 saturated carbocycles. The molecule has 0 unspecified atom stereocenters. The van der Waals surface area contributed by atoms with E-state index in [2.05, 4.69) is 15.9 Å². The van der Waals surface area contributed by atoms with Crippen LogP contribution in [-0.4, -0.2) is 12.2 Å². The second kappa shape index (κ2) is 7.24. The molecule has 1 aliphatic rings. The van der Waals surface area contributed by atoms with E-state index in [1.54, 1.807) is 6.07 Å². The highest BCUT2D eigenvalue weighted by molar-refractivity contribution is 9.10. The zero-order chi connectivity index (χ0) is 13.1. The smallest absolute Gasteiger partial charge is 0.311 e. The molecule has 2 N–H and O–H groups in total. The summed E-state index contributed by atoms with van der Waals surface area (Å²) in [5.41, 5.74) is 7.74. The molecule has 6 heteroatoms. The lowest BCUT2D eigenvalue weighted by Crippen LogP contribution is -2.31. The van der Waals surface area contributed by atoms with Crippen molar-refractivity contribution in [3.63, 3.8) is 0 Å². The SMILES string of the molecule is CCCC(=O)Oc1ccc(Br)c2c1CO[C@H](N)C2.Cl. The van der Waals surface area contributed by atoms with E-state index in [4.69, 9.17) is 15.2 Å². The lowest BCUT2D eigenvalue weighted by molar-refractivity contribution is -0.134. The minimum absolute atomic E-state index is 0. The normalized spacial score (nSPS) is 17.3. The molecule has 0 amide bonds. The number of hydrogen-bond acceptors (Lipinski definition) is 4.